The van der Waals surface area contributed by atoms with Gasteiger partial charge in [0.25, 0.3) is 11.6 Å². The van der Waals surface area contributed by atoms with Gasteiger partial charge in [-0.1, -0.05) is 55.3 Å². The van der Waals surface area contributed by atoms with E-state index in [-0.39, 0.29) is 19.9 Å². The molecule has 8 nitrogen and oxygen atoms in total. The number of carbonyl (C=O) groups is 2. The van der Waals surface area contributed by atoms with Crippen molar-refractivity contribution in [1.82, 2.24) is 4.90 Å². The lowest BCUT2D eigenvalue weighted by Gasteiger charge is -2.22. The largest absolute Gasteiger partial charge is 0.480 e. The van der Waals surface area contributed by atoms with E-state index in [1.54, 1.807) is 12.1 Å². The Morgan fingerprint density at radius 1 is 1.42 bits per heavy atom. The minimum absolute atomic E-state index is 0.139. The van der Waals surface area contributed by atoms with Crippen LogP contribution in [0.3, 0.4) is 0 Å². The molecule has 162 valence electrons. The Morgan fingerprint density at radius 2 is 2.16 bits per heavy atom. The summed E-state index contributed by atoms with van der Waals surface area (Å²) in [5, 5.41) is 20.5. The summed E-state index contributed by atoms with van der Waals surface area (Å²) in [5.74, 6) is -0.873. The zero-order valence-electron chi connectivity index (χ0n) is 16.2. The Labute approximate surface area is 192 Å². The van der Waals surface area contributed by atoms with Gasteiger partial charge >= 0.3 is 5.97 Å². The number of aliphatic carboxylic acids is 1. The van der Waals surface area contributed by atoms with Crippen molar-refractivity contribution < 1.29 is 24.0 Å². The van der Waals surface area contributed by atoms with Crippen LogP contribution in [0, 0.1) is 10.1 Å². The van der Waals surface area contributed by atoms with E-state index in [2.05, 4.69) is 0 Å². The number of hydrogen-bond acceptors (Lipinski definition) is 7. The van der Waals surface area contributed by atoms with Crippen LogP contribution in [-0.2, 0) is 9.59 Å². The lowest BCUT2D eigenvalue weighted by atomic mass is 10.1. The number of halogens is 1. The van der Waals surface area contributed by atoms with Crippen molar-refractivity contribution in [2.45, 2.75) is 32.2 Å². The molecule has 0 spiro atoms. The molecule has 1 N–H and O–H groups in total. The average Bonchev–Trinajstić information content (AvgIpc) is 3.27. The molecule has 1 saturated heterocycles. The van der Waals surface area contributed by atoms with Gasteiger partial charge in [-0.2, -0.15) is 0 Å². The number of nitro groups is 1. The fraction of sp³-hybridized carbons (Fsp3) is 0.250. The molecule has 1 atom stereocenters. The molecule has 2 aromatic rings. The van der Waals surface area contributed by atoms with Gasteiger partial charge in [-0.15, -0.1) is 0 Å². The van der Waals surface area contributed by atoms with Crippen molar-refractivity contribution in [1.29, 1.82) is 0 Å². The number of hydrogen-bond donors (Lipinski definition) is 1. The number of carboxylic acids is 1. The Kier molecular flexibility index (Phi) is 7.14. The number of furan rings is 1. The fourth-order valence-electron chi connectivity index (χ4n) is 3.03. The summed E-state index contributed by atoms with van der Waals surface area (Å²) in [6.45, 7) is 1.94. The van der Waals surface area contributed by atoms with Gasteiger partial charge in [-0.05, 0) is 24.6 Å². The maximum absolute atomic E-state index is 12.8. The summed E-state index contributed by atoms with van der Waals surface area (Å²) in [6, 6.07) is 6.26. The Balaban J connectivity index is 1.84. The number of thioether (sulfide) groups is 1. The van der Waals surface area contributed by atoms with E-state index in [9.17, 15) is 24.8 Å². The van der Waals surface area contributed by atoms with E-state index in [1.165, 1.54) is 24.3 Å². The number of carboxylic acid groups (broad SMARTS) is 1. The van der Waals surface area contributed by atoms with Gasteiger partial charge in [0.05, 0.1) is 14.9 Å². The molecule has 1 unspecified atom stereocenters. The van der Waals surface area contributed by atoms with Crippen LogP contribution in [0.15, 0.2) is 39.7 Å². The molecule has 0 aliphatic carbocycles. The van der Waals surface area contributed by atoms with Gasteiger partial charge in [0.15, 0.2) is 0 Å². The average molecular weight is 481 g/mol. The Morgan fingerprint density at radius 3 is 2.77 bits per heavy atom. The van der Waals surface area contributed by atoms with E-state index in [0.29, 0.717) is 29.9 Å². The molecule has 2 heterocycles. The van der Waals surface area contributed by atoms with Gasteiger partial charge in [0, 0.05) is 23.8 Å². The smallest absolute Gasteiger partial charge is 0.326 e. The molecule has 1 aliphatic heterocycles. The number of non-ortho nitro benzene ring substituents is 1. The number of amides is 1. The molecular formula is C20H17ClN2O6S2. The summed E-state index contributed by atoms with van der Waals surface area (Å²) in [6.07, 6.45) is 3.26. The second-order valence-corrected chi connectivity index (χ2v) is 8.75. The van der Waals surface area contributed by atoms with Crippen LogP contribution in [0.1, 0.15) is 31.9 Å². The van der Waals surface area contributed by atoms with Crippen LogP contribution in [0.25, 0.3) is 17.4 Å². The lowest BCUT2D eigenvalue weighted by molar-refractivity contribution is -0.384. The Hall–Kier alpha value is -2.69. The molecule has 1 amide bonds. The maximum Gasteiger partial charge on any atom is 0.326 e. The molecule has 31 heavy (non-hydrogen) atoms. The number of carbonyl (C=O) groups excluding carboxylic acids is 1. The van der Waals surface area contributed by atoms with Gasteiger partial charge < -0.3 is 9.52 Å². The van der Waals surface area contributed by atoms with Crippen LogP contribution in [0.2, 0.25) is 5.02 Å². The number of nitro benzene ring substituents is 1. The third-order valence-electron chi connectivity index (χ3n) is 4.58. The monoisotopic (exact) mass is 480 g/mol. The quantitative estimate of drug-likeness (QED) is 0.232. The second-order valence-electron chi connectivity index (χ2n) is 6.67. The fourth-order valence-corrected chi connectivity index (χ4v) is 4.64. The number of thiocarbonyl (C=S) groups is 1. The highest BCUT2D eigenvalue weighted by atomic mass is 35.5. The van der Waals surface area contributed by atoms with E-state index in [0.717, 1.165) is 23.1 Å². The number of nitrogens with zero attached hydrogens (tertiary/aromatic N) is 2. The van der Waals surface area contributed by atoms with Crippen molar-refractivity contribution in [2.75, 3.05) is 0 Å². The van der Waals surface area contributed by atoms with Crippen LogP contribution < -0.4 is 0 Å². The van der Waals surface area contributed by atoms with Crippen molar-refractivity contribution >= 4 is 63.5 Å². The summed E-state index contributed by atoms with van der Waals surface area (Å²) in [4.78, 5) is 36.2. The highest BCUT2D eigenvalue weighted by molar-refractivity contribution is 8.26. The summed E-state index contributed by atoms with van der Waals surface area (Å²) >= 11 is 12.4. The van der Waals surface area contributed by atoms with Crippen molar-refractivity contribution in [3.05, 3.63) is 56.1 Å². The zero-order valence-corrected chi connectivity index (χ0v) is 18.6. The molecule has 0 radical (unpaired) electrons. The van der Waals surface area contributed by atoms with Crippen LogP contribution >= 0.6 is 35.6 Å². The van der Waals surface area contributed by atoms with Crippen molar-refractivity contribution in [2.24, 2.45) is 0 Å². The van der Waals surface area contributed by atoms with E-state index in [1.807, 2.05) is 6.92 Å². The van der Waals surface area contributed by atoms with E-state index in [4.69, 9.17) is 28.2 Å². The van der Waals surface area contributed by atoms with Crippen LogP contribution in [0.4, 0.5) is 5.69 Å². The third kappa shape index (κ3) is 4.97. The molecule has 1 aromatic carbocycles. The summed E-state index contributed by atoms with van der Waals surface area (Å²) in [7, 11) is 0. The molecular weight excluding hydrogens is 464 g/mol. The number of rotatable bonds is 8. The van der Waals surface area contributed by atoms with Gasteiger partial charge in [0.2, 0.25) is 0 Å². The molecule has 1 aliphatic rings. The zero-order chi connectivity index (χ0) is 22.7. The van der Waals surface area contributed by atoms with Gasteiger partial charge in [0.1, 0.15) is 21.9 Å². The van der Waals surface area contributed by atoms with Gasteiger partial charge in [-0.3, -0.25) is 19.8 Å². The van der Waals surface area contributed by atoms with E-state index < -0.39 is 22.8 Å². The normalized spacial score (nSPS) is 16.2. The van der Waals surface area contributed by atoms with Crippen molar-refractivity contribution in [3.8, 4) is 11.3 Å². The minimum atomic E-state index is -1.10. The van der Waals surface area contributed by atoms with Crippen LogP contribution in [-0.4, -0.2) is 37.2 Å². The predicted molar refractivity (Wildman–Crippen MR) is 122 cm³/mol. The van der Waals surface area contributed by atoms with Crippen LogP contribution in [0.5, 0.6) is 0 Å². The first kappa shape index (κ1) is 23.0. The first-order chi connectivity index (χ1) is 14.7. The molecule has 0 saturated carbocycles. The Bertz CT molecular complexity index is 1100. The molecule has 3 rings (SSSR count). The first-order valence-corrected chi connectivity index (χ1v) is 10.9. The van der Waals surface area contributed by atoms with E-state index >= 15 is 0 Å². The highest BCUT2D eigenvalue weighted by Crippen LogP contribution is 2.37. The number of benzene rings is 1. The number of unbranched alkanes of at least 4 members (excludes halogenated alkanes) is 1. The second kappa shape index (κ2) is 9.63. The maximum atomic E-state index is 12.8. The van der Waals surface area contributed by atoms with Gasteiger partial charge in [-0.25, -0.2) is 4.79 Å². The molecule has 0 bridgehead atoms. The molecule has 11 heteroatoms. The SMILES string of the molecule is CCCCC(C(=O)O)N1C(=O)/C(=C\c2ccc(-c3ccc([N+](=O)[O-])cc3Cl)o2)SC1=S. The third-order valence-corrected chi connectivity index (χ3v) is 6.22. The van der Waals surface area contributed by atoms with Crippen molar-refractivity contribution in [3.63, 3.8) is 0 Å². The first-order valence-electron chi connectivity index (χ1n) is 9.27. The summed E-state index contributed by atoms with van der Waals surface area (Å²) in [5.41, 5.74) is 0.324. The predicted octanol–water partition coefficient (Wildman–Crippen LogP) is 5.35. The lowest BCUT2D eigenvalue weighted by Crippen LogP contribution is -2.43. The molecule has 1 fully saturated rings. The molecule has 1 aromatic heterocycles. The summed E-state index contributed by atoms with van der Waals surface area (Å²) < 4.78 is 5.92. The highest BCUT2D eigenvalue weighted by Gasteiger charge is 2.40. The standard InChI is InChI=1S/C20H17ClN2O6S2/c1-2-3-4-15(19(25)26)22-18(24)17(31-20(22)30)10-12-6-8-16(29-12)13-7-5-11(23(27)28)9-14(13)21/h5-10,15H,2-4H2,1H3,(H,25,26)/b17-10+. The minimum Gasteiger partial charge on any atom is -0.480 e. The topological polar surface area (TPSA) is 114 Å².